The van der Waals surface area contributed by atoms with Crippen molar-refractivity contribution < 1.29 is 9.47 Å². The molecule has 4 aromatic carbocycles. The molecule has 3 aromatic heterocycles. The summed E-state index contributed by atoms with van der Waals surface area (Å²) >= 11 is 13.0. The highest BCUT2D eigenvalue weighted by Gasteiger charge is 2.52. The first-order valence-corrected chi connectivity index (χ1v) is 38.1. The Morgan fingerprint density at radius 2 is 1.10 bits per heavy atom. The van der Waals surface area contributed by atoms with Crippen LogP contribution in [-0.4, -0.2) is 70.4 Å². The van der Waals surface area contributed by atoms with Crippen molar-refractivity contribution in [1.29, 1.82) is 0 Å². The van der Waals surface area contributed by atoms with E-state index in [4.69, 9.17) is 19.7 Å². The zero-order valence-electron chi connectivity index (χ0n) is 50.4. The molecule has 11 unspecified atom stereocenters. The zero-order valence-corrected chi connectivity index (χ0v) is 55.3. The molecule has 11 atom stereocenters. The fourth-order valence-corrected chi connectivity index (χ4v) is 24.4. The molecule has 13 heteroatoms. The SMILES string of the molecule is CC1=CC2CNC1c1cc(-c3ccc(-c4ccc(N(c5ccccc5)c5ccccc5)s4)s3)sc1C1SC(C3CCC(C4CCC(N(c5ccccc5)c5ccccc5)S4)S3)CC1C1CCC1OCCCC/C=C/CCCCOC1CCC(CC1)N=N2. The zero-order chi connectivity index (χ0) is 58.3. The minimum Gasteiger partial charge on any atom is -0.378 e. The van der Waals surface area contributed by atoms with Crippen molar-refractivity contribution in [3.8, 4) is 19.5 Å². The van der Waals surface area contributed by atoms with E-state index in [2.05, 4.69) is 239 Å². The monoisotopic (exact) mass is 1270 g/mol. The number of rotatable bonds is 10. The lowest BCUT2D eigenvalue weighted by atomic mass is 9.69. The summed E-state index contributed by atoms with van der Waals surface area (Å²) < 4.78 is 13.4. The van der Waals surface area contributed by atoms with Crippen LogP contribution in [0.4, 0.5) is 27.8 Å². The standard InChI is InChI=1S/C74H85N5O2S6/c1-50-46-52-49-75-72(50)60-48-69(67-39-37-63(83-67)65-41-43-71(85-65)79(55-26-16-10-17-27-55)56-28-18-11-19-29-56)87-74(60)73-59(58-34-35-61(58)81-45-21-7-5-3-2-4-6-20-44-80-57-32-30-51(31-33-57)76-77-52)47-68(86-73)66-38-36-62(82-66)64-40-42-70(84-64)78(53-22-12-8-13-23-53)54-24-14-9-15-25-54/h2-3,8-19,22-29,37,39,41,43,46,48,51-52,57-59,61-62,64,66,68,70,72-73,75H,4-7,20-21,30-36,38,40,42,44-45,47,49H2,1H3/b3-2+,77-76?. The molecule has 4 bridgehead atoms. The molecule has 10 aliphatic rings. The molecule has 11 heterocycles. The van der Waals surface area contributed by atoms with Gasteiger partial charge in [0.1, 0.15) is 11.0 Å². The lowest BCUT2D eigenvalue weighted by Crippen LogP contribution is -2.40. The molecule has 7 nitrogen and oxygen atoms in total. The third-order valence-corrected chi connectivity index (χ3v) is 29.0. The fourth-order valence-electron chi connectivity index (χ4n) is 14.8. The third-order valence-electron chi connectivity index (χ3n) is 19.5. The van der Waals surface area contributed by atoms with Crippen LogP contribution in [0.25, 0.3) is 19.5 Å². The van der Waals surface area contributed by atoms with Crippen molar-refractivity contribution in [3.63, 3.8) is 0 Å². The summed E-state index contributed by atoms with van der Waals surface area (Å²) in [4.78, 5) is 12.0. The predicted molar refractivity (Wildman–Crippen MR) is 376 cm³/mol. The molecular formula is C74H85N5O2S6. The highest BCUT2D eigenvalue weighted by atomic mass is 32.2. The van der Waals surface area contributed by atoms with Gasteiger partial charge >= 0.3 is 0 Å². The number of allylic oxidation sites excluding steroid dienone is 2. The van der Waals surface area contributed by atoms with E-state index < -0.39 is 0 Å². The Hall–Kier alpha value is -4.41. The van der Waals surface area contributed by atoms with E-state index in [1.807, 2.05) is 22.7 Å². The molecule has 2 aliphatic carbocycles. The van der Waals surface area contributed by atoms with Crippen LogP contribution in [0.3, 0.4) is 0 Å². The van der Waals surface area contributed by atoms with Crippen molar-refractivity contribution in [2.45, 2.75) is 178 Å². The molecule has 87 heavy (non-hydrogen) atoms. The number of nitrogens with zero attached hydrogens (tertiary/aromatic N) is 4. The van der Waals surface area contributed by atoms with Gasteiger partial charge in [0.15, 0.2) is 0 Å². The Balaban J connectivity index is 0.763. The topological polar surface area (TPSA) is 61.7 Å². The van der Waals surface area contributed by atoms with Crippen LogP contribution in [0.2, 0.25) is 0 Å². The number of hydrogen-bond acceptors (Lipinski definition) is 13. The highest BCUT2D eigenvalue weighted by molar-refractivity contribution is 8.06. The van der Waals surface area contributed by atoms with Gasteiger partial charge in [-0.15, -0.1) is 57.5 Å². The second-order valence-electron chi connectivity index (χ2n) is 25.2. The van der Waals surface area contributed by atoms with Crippen molar-refractivity contribution >= 4 is 97.0 Å². The van der Waals surface area contributed by atoms with Crippen molar-refractivity contribution in [3.05, 3.63) is 186 Å². The molecule has 2 saturated carbocycles. The van der Waals surface area contributed by atoms with E-state index in [0.29, 0.717) is 55.7 Å². The second-order valence-corrected chi connectivity index (χ2v) is 32.8. The van der Waals surface area contributed by atoms with Crippen molar-refractivity contribution in [2.75, 3.05) is 29.6 Å². The van der Waals surface area contributed by atoms with E-state index in [1.165, 1.54) is 116 Å². The van der Waals surface area contributed by atoms with Crippen LogP contribution in [0.1, 0.15) is 138 Å². The lowest BCUT2D eigenvalue weighted by molar-refractivity contribution is -0.0697. The molecule has 0 radical (unpaired) electrons. The molecule has 3 saturated heterocycles. The Bertz CT molecular complexity index is 3320. The minimum atomic E-state index is 0.0409. The van der Waals surface area contributed by atoms with Gasteiger partial charge in [0, 0.05) is 93.1 Å². The van der Waals surface area contributed by atoms with Gasteiger partial charge in [-0.05, 0) is 212 Å². The summed E-state index contributed by atoms with van der Waals surface area (Å²) in [6.07, 6.45) is 28.2. The first-order chi connectivity index (χ1) is 43.0. The first-order valence-electron chi connectivity index (χ1n) is 32.8. The number of anilines is 5. The van der Waals surface area contributed by atoms with Crippen LogP contribution in [0, 0.1) is 11.8 Å². The van der Waals surface area contributed by atoms with Crippen molar-refractivity contribution in [2.24, 2.45) is 22.1 Å². The predicted octanol–water partition coefficient (Wildman–Crippen LogP) is 21.6. The van der Waals surface area contributed by atoms with Gasteiger partial charge < -0.3 is 24.6 Å². The van der Waals surface area contributed by atoms with E-state index in [0.717, 1.165) is 71.1 Å². The van der Waals surface area contributed by atoms with Gasteiger partial charge in [-0.3, -0.25) is 0 Å². The van der Waals surface area contributed by atoms with E-state index in [9.17, 15) is 0 Å². The Morgan fingerprint density at radius 1 is 0.506 bits per heavy atom. The van der Waals surface area contributed by atoms with Gasteiger partial charge in [-0.1, -0.05) is 96.6 Å². The average molecular weight is 1270 g/mol. The lowest BCUT2D eigenvalue weighted by Gasteiger charge is -2.42. The molecular weight excluding hydrogens is 1180 g/mol. The van der Waals surface area contributed by atoms with E-state index in [1.54, 1.807) is 4.88 Å². The second kappa shape index (κ2) is 28.8. The maximum atomic E-state index is 7.03. The number of benzene rings is 4. The molecule has 0 spiro atoms. The van der Waals surface area contributed by atoms with Gasteiger partial charge in [0.05, 0.1) is 29.7 Å². The summed E-state index contributed by atoms with van der Waals surface area (Å²) in [5.41, 5.74) is 7.80. The normalized spacial score (nSPS) is 30.3. The summed E-state index contributed by atoms with van der Waals surface area (Å²) in [5.74, 6) is 1.16. The van der Waals surface area contributed by atoms with Crippen LogP contribution in [0.5, 0.6) is 0 Å². The molecule has 7 aromatic rings. The van der Waals surface area contributed by atoms with E-state index >= 15 is 0 Å². The maximum absolute atomic E-state index is 7.03. The number of thiophene rings is 3. The molecule has 1 N–H and O–H groups in total. The molecule has 8 aliphatic heterocycles. The summed E-state index contributed by atoms with van der Waals surface area (Å²) in [6, 6.07) is 56.4. The molecule has 5 fully saturated rings. The fraction of sp³-hybridized carbons (Fsp3) is 0.459. The number of ether oxygens (including phenoxy) is 2. The Labute approximate surface area is 542 Å². The first kappa shape index (κ1) is 60.2. The summed E-state index contributed by atoms with van der Waals surface area (Å²) in [6.45, 7) is 4.91. The van der Waals surface area contributed by atoms with E-state index in [-0.39, 0.29) is 18.1 Å². The minimum absolute atomic E-state index is 0.0409. The van der Waals surface area contributed by atoms with Gasteiger partial charge in [-0.25, -0.2) is 0 Å². The quantitative estimate of drug-likeness (QED) is 0.136. The highest BCUT2D eigenvalue weighted by Crippen LogP contribution is 2.63. The largest absolute Gasteiger partial charge is 0.378 e. The third kappa shape index (κ3) is 14.1. The van der Waals surface area contributed by atoms with Gasteiger partial charge in [0.25, 0.3) is 0 Å². The van der Waals surface area contributed by atoms with Crippen LogP contribution >= 0.6 is 69.3 Å². The summed E-state index contributed by atoms with van der Waals surface area (Å²) in [7, 11) is 0. The molecule has 454 valence electrons. The number of para-hydroxylation sites is 4. The molecule has 0 amide bonds. The smallest absolute Gasteiger partial charge is 0.102 e. The number of thioether (sulfide) groups is 3. The number of nitrogens with one attached hydrogen (secondary N) is 1. The van der Waals surface area contributed by atoms with Crippen LogP contribution < -0.4 is 15.1 Å². The van der Waals surface area contributed by atoms with Crippen LogP contribution in [-0.2, 0) is 9.47 Å². The molecule has 17 rings (SSSR count). The Kier molecular flexibility index (Phi) is 19.9. The number of hydrogen-bond donors (Lipinski definition) is 1. The maximum Gasteiger partial charge on any atom is 0.102 e. The van der Waals surface area contributed by atoms with Crippen LogP contribution in [0.15, 0.2) is 186 Å². The summed E-state index contributed by atoms with van der Waals surface area (Å²) in [5, 5.41) is 19.0. The van der Waals surface area contributed by atoms with Crippen molar-refractivity contribution in [1.82, 2.24) is 5.32 Å². The van der Waals surface area contributed by atoms with Gasteiger partial charge in [0.2, 0.25) is 0 Å². The Morgan fingerprint density at radius 3 is 1.76 bits per heavy atom. The van der Waals surface area contributed by atoms with Gasteiger partial charge in [-0.2, -0.15) is 22.0 Å². The number of azo groups is 1. The average Bonchev–Trinajstić information content (AvgIpc) is 3.13.